The van der Waals surface area contributed by atoms with Crippen molar-refractivity contribution in [3.05, 3.63) is 32.7 Å². The monoisotopic (exact) mass is 325 g/mol. The van der Waals surface area contributed by atoms with E-state index in [9.17, 15) is 4.79 Å². The summed E-state index contributed by atoms with van der Waals surface area (Å²) in [6.45, 7) is 9.61. The Morgan fingerprint density at radius 3 is 2.37 bits per heavy atom. The van der Waals surface area contributed by atoms with Crippen molar-refractivity contribution in [1.82, 2.24) is 15.3 Å². The molecule has 1 aromatic heterocycles. The second kappa shape index (κ2) is 5.13. The van der Waals surface area contributed by atoms with Gasteiger partial charge >= 0.3 is 5.69 Å². The van der Waals surface area contributed by atoms with Crippen molar-refractivity contribution in [2.75, 3.05) is 6.54 Å². The number of aromatic amines is 2. The van der Waals surface area contributed by atoms with Crippen LogP contribution in [0.5, 0.6) is 0 Å². The van der Waals surface area contributed by atoms with Gasteiger partial charge in [0.15, 0.2) is 0 Å². The van der Waals surface area contributed by atoms with Crippen LogP contribution in [-0.4, -0.2) is 16.5 Å². The number of aromatic nitrogens is 2. The van der Waals surface area contributed by atoms with Gasteiger partial charge in [0.05, 0.1) is 11.0 Å². The Labute approximate surface area is 121 Å². The molecule has 0 saturated carbocycles. The highest BCUT2D eigenvalue weighted by atomic mass is 79.9. The van der Waals surface area contributed by atoms with E-state index in [4.69, 9.17) is 0 Å². The van der Waals surface area contributed by atoms with E-state index in [-0.39, 0.29) is 17.1 Å². The van der Waals surface area contributed by atoms with Gasteiger partial charge in [-0.15, -0.1) is 0 Å². The quantitative estimate of drug-likeness (QED) is 0.810. The van der Waals surface area contributed by atoms with E-state index in [1.165, 1.54) is 0 Å². The largest absolute Gasteiger partial charge is 0.323 e. The summed E-state index contributed by atoms with van der Waals surface area (Å²) in [6, 6.07) is 4.21. The van der Waals surface area contributed by atoms with Crippen LogP contribution in [0.15, 0.2) is 21.4 Å². The molecule has 2 rings (SSSR count). The summed E-state index contributed by atoms with van der Waals surface area (Å²) in [7, 11) is 0. The summed E-state index contributed by atoms with van der Waals surface area (Å²) in [4.78, 5) is 17.0. The lowest BCUT2D eigenvalue weighted by Gasteiger charge is -2.32. The SMILES string of the molecule is CCNC(c1cc2[nH]c(=O)[nH]c2cc1Br)C(C)(C)C. The fraction of sp³-hybridized carbons (Fsp3) is 0.500. The molecule has 0 aliphatic carbocycles. The minimum absolute atomic E-state index is 0.0861. The number of benzene rings is 1. The summed E-state index contributed by atoms with van der Waals surface area (Å²) in [5.41, 5.74) is 2.75. The number of hydrogen-bond donors (Lipinski definition) is 3. The topological polar surface area (TPSA) is 60.7 Å². The van der Waals surface area contributed by atoms with Crippen LogP contribution in [0, 0.1) is 5.41 Å². The van der Waals surface area contributed by atoms with Gasteiger partial charge in [0.25, 0.3) is 0 Å². The zero-order valence-corrected chi connectivity index (χ0v) is 13.3. The molecule has 0 amide bonds. The maximum absolute atomic E-state index is 11.4. The maximum atomic E-state index is 11.4. The first-order valence-corrected chi connectivity index (χ1v) is 7.27. The fourth-order valence-corrected chi connectivity index (χ4v) is 2.95. The highest BCUT2D eigenvalue weighted by Gasteiger charge is 2.27. The molecule has 0 spiro atoms. The zero-order valence-electron chi connectivity index (χ0n) is 11.7. The minimum atomic E-state index is -0.171. The number of H-pyrrole nitrogens is 2. The van der Waals surface area contributed by atoms with Crippen molar-refractivity contribution in [3.63, 3.8) is 0 Å². The molecule has 0 bridgehead atoms. The number of rotatable bonds is 3. The Kier molecular flexibility index (Phi) is 3.87. The number of hydrogen-bond acceptors (Lipinski definition) is 2. The highest BCUT2D eigenvalue weighted by molar-refractivity contribution is 9.10. The van der Waals surface area contributed by atoms with Crippen molar-refractivity contribution in [2.24, 2.45) is 5.41 Å². The third-order valence-corrected chi connectivity index (χ3v) is 3.91. The van der Waals surface area contributed by atoms with Gasteiger partial charge in [0, 0.05) is 10.5 Å². The summed E-state index contributed by atoms with van der Waals surface area (Å²) in [5, 5.41) is 3.52. The number of halogens is 1. The molecule has 1 atom stereocenters. The molecule has 1 unspecified atom stereocenters. The van der Waals surface area contributed by atoms with E-state index < -0.39 is 0 Å². The smallest absolute Gasteiger partial charge is 0.310 e. The number of nitrogens with one attached hydrogen (secondary N) is 3. The lowest BCUT2D eigenvalue weighted by molar-refractivity contribution is 0.276. The van der Waals surface area contributed by atoms with Crippen LogP contribution < -0.4 is 11.0 Å². The van der Waals surface area contributed by atoms with E-state index >= 15 is 0 Å². The van der Waals surface area contributed by atoms with Gasteiger partial charge < -0.3 is 15.3 Å². The minimum Gasteiger partial charge on any atom is -0.310 e. The molecule has 0 aliphatic rings. The van der Waals surface area contributed by atoms with Crippen LogP contribution in [0.2, 0.25) is 0 Å². The van der Waals surface area contributed by atoms with Crippen LogP contribution in [-0.2, 0) is 0 Å². The van der Waals surface area contributed by atoms with Crippen molar-refractivity contribution >= 4 is 27.0 Å². The molecule has 0 fully saturated rings. The molecule has 0 aliphatic heterocycles. The predicted molar refractivity (Wildman–Crippen MR) is 82.5 cm³/mol. The number of fused-ring (bicyclic) bond motifs is 1. The molecule has 19 heavy (non-hydrogen) atoms. The average molecular weight is 326 g/mol. The Balaban J connectivity index is 2.58. The van der Waals surface area contributed by atoms with Gasteiger partial charge in [0.2, 0.25) is 0 Å². The molecular weight excluding hydrogens is 306 g/mol. The lowest BCUT2D eigenvalue weighted by atomic mass is 9.82. The van der Waals surface area contributed by atoms with Crippen LogP contribution in [0.1, 0.15) is 39.3 Å². The molecule has 0 saturated heterocycles. The third kappa shape index (κ3) is 2.92. The van der Waals surface area contributed by atoms with E-state index in [1.807, 2.05) is 12.1 Å². The van der Waals surface area contributed by atoms with Crippen LogP contribution in [0.25, 0.3) is 11.0 Å². The van der Waals surface area contributed by atoms with Crippen LogP contribution in [0.3, 0.4) is 0 Å². The van der Waals surface area contributed by atoms with Crippen molar-refractivity contribution < 1.29 is 0 Å². The van der Waals surface area contributed by atoms with Crippen molar-refractivity contribution in [3.8, 4) is 0 Å². The normalized spacial score (nSPS) is 13.9. The number of imidazole rings is 1. The van der Waals surface area contributed by atoms with E-state index in [0.29, 0.717) is 0 Å². The predicted octanol–water partition coefficient (Wildman–Crippen LogP) is 3.32. The van der Waals surface area contributed by atoms with Gasteiger partial charge in [-0.25, -0.2) is 4.79 Å². The van der Waals surface area contributed by atoms with Gasteiger partial charge in [-0.05, 0) is 29.7 Å². The molecular formula is C14H20BrN3O. The average Bonchev–Trinajstić information content (AvgIpc) is 2.63. The first kappa shape index (κ1) is 14.3. The molecule has 0 radical (unpaired) electrons. The van der Waals surface area contributed by atoms with Gasteiger partial charge in [-0.3, -0.25) is 0 Å². The first-order chi connectivity index (χ1) is 8.82. The van der Waals surface area contributed by atoms with E-state index in [0.717, 1.165) is 27.6 Å². The molecule has 104 valence electrons. The molecule has 3 N–H and O–H groups in total. The molecule has 1 heterocycles. The second-order valence-electron chi connectivity index (χ2n) is 5.86. The Morgan fingerprint density at radius 1 is 1.26 bits per heavy atom. The van der Waals surface area contributed by atoms with E-state index in [2.05, 4.69) is 58.9 Å². The highest BCUT2D eigenvalue weighted by Crippen LogP contribution is 2.37. The van der Waals surface area contributed by atoms with Crippen LogP contribution in [0.4, 0.5) is 0 Å². The lowest BCUT2D eigenvalue weighted by Crippen LogP contribution is -2.32. The summed E-state index contributed by atoms with van der Waals surface area (Å²) in [6.07, 6.45) is 0. The van der Waals surface area contributed by atoms with Gasteiger partial charge in [-0.1, -0.05) is 43.6 Å². The molecule has 4 nitrogen and oxygen atoms in total. The standard InChI is InChI=1S/C14H20BrN3O/c1-5-16-12(14(2,3)4)8-6-10-11(7-9(8)15)18-13(19)17-10/h6-7,12,16H,5H2,1-4H3,(H2,17,18,19). The van der Waals surface area contributed by atoms with Gasteiger partial charge in [-0.2, -0.15) is 0 Å². The Morgan fingerprint density at radius 2 is 1.84 bits per heavy atom. The van der Waals surface area contributed by atoms with E-state index in [1.54, 1.807) is 0 Å². The molecule has 1 aromatic carbocycles. The second-order valence-corrected chi connectivity index (χ2v) is 6.71. The molecule has 5 heteroatoms. The Hall–Kier alpha value is -1.07. The molecule has 2 aromatic rings. The van der Waals surface area contributed by atoms with Crippen LogP contribution >= 0.6 is 15.9 Å². The summed E-state index contributed by atoms with van der Waals surface area (Å²) >= 11 is 3.61. The van der Waals surface area contributed by atoms with Gasteiger partial charge in [0.1, 0.15) is 0 Å². The van der Waals surface area contributed by atoms with Crippen molar-refractivity contribution in [2.45, 2.75) is 33.7 Å². The zero-order chi connectivity index (χ0) is 14.2. The fourth-order valence-electron chi connectivity index (χ4n) is 2.38. The summed E-state index contributed by atoms with van der Waals surface area (Å²) in [5.74, 6) is 0. The third-order valence-electron chi connectivity index (χ3n) is 3.22. The van der Waals surface area contributed by atoms with Crippen molar-refractivity contribution in [1.29, 1.82) is 0 Å². The first-order valence-electron chi connectivity index (χ1n) is 6.47. The maximum Gasteiger partial charge on any atom is 0.323 e. The summed E-state index contributed by atoms with van der Waals surface area (Å²) < 4.78 is 1.01. The Bertz CT molecular complexity index is 636.